The molecular weight excluding hydrogens is 227 g/mol. The molecule has 0 heterocycles. The van der Waals surface area contributed by atoms with Crippen molar-refractivity contribution in [2.75, 3.05) is 0 Å². The Bertz CT molecular complexity index is 377. The molecule has 1 aromatic carbocycles. The van der Waals surface area contributed by atoms with Crippen molar-refractivity contribution in [1.82, 2.24) is 0 Å². The molecule has 0 aliphatic carbocycles. The van der Waals surface area contributed by atoms with Gasteiger partial charge in [-0.15, -0.1) is 11.6 Å². The molecule has 5 heteroatoms. The molecule has 3 nitrogen and oxygen atoms in total. The number of alkyl halides is 1. The maximum atomic E-state index is 10.9. The van der Waals surface area contributed by atoms with E-state index >= 15 is 0 Å². The Hall–Kier alpha value is -0.930. The van der Waals surface area contributed by atoms with Crippen LogP contribution in [0.1, 0.15) is 17.9 Å². The normalized spacial score (nSPS) is 12.5. The zero-order valence-corrected chi connectivity index (χ0v) is 8.80. The van der Waals surface area contributed by atoms with E-state index in [9.17, 15) is 9.90 Å². The van der Waals surface area contributed by atoms with Crippen LogP contribution in [-0.4, -0.2) is 16.0 Å². The predicted octanol–water partition coefficient (Wildman–Crippen LogP) is 2.62. The lowest BCUT2D eigenvalue weighted by atomic mass is 10.1. The molecule has 76 valence electrons. The summed E-state index contributed by atoms with van der Waals surface area (Å²) in [4.78, 5) is 10.9. The number of hydrogen-bond acceptors (Lipinski definition) is 3. The molecule has 1 rings (SSSR count). The number of aromatic hydroxyl groups is 2. The lowest BCUT2D eigenvalue weighted by Gasteiger charge is -2.09. The first-order valence-corrected chi connectivity index (χ1v) is 4.60. The molecule has 2 N–H and O–H groups in total. The van der Waals surface area contributed by atoms with E-state index in [0.717, 1.165) is 6.07 Å². The van der Waals surface area contributed by atoms with Crippen molar-refractivity contribution < 1.29 is 15.0 Å². The number of carbonyl (C=O) groups is 1. The molecule has 0 fully saturated rings. The highest BCUT2D eigenvalue weighted by Crippen LogP contribution is 2.36. The number of phenols is 2. The fourth-order valence-corrected chi connectivity index (χ4v) is 1.34. The van der Waals surface area contributed by atoms with Gasteiger partial charge >= 0.3 is 0 Å². The Kier molecular flexibility index (Phi) is 3.24. The first-order chi connectivity index (χ1) is 6.43. The third kappa shape index (κ3) is 2.11. The van der Waals surface area contributed by atoms with Crippen LogP contribution in [0.4, 0.5) is 0 Å². The van der Waals surface area contributed by atoms with Crippen molar-refractivity contribution in [3.63, 3.8) is 0 Å². The van der Waals surface area contributed by atoms with Gasteiger partial charge in [0.2, 0.25) is 0 Å². The molecule has 0 bridgehead atoms. The van der Waals surface area contributed by atoms with E-state index in [1.54, 1.807) is 0 Å². The fraction of sp³-hybridized carbons (Fsp3) is 0.222. The van der Waals surface area contributed by atoms with E-state index < -0.39 is 5.38 Å². The van der Waals surface area contributed by atoms with Crippen molar-refractivity contribution >= 4 is 29.0 Å². The summed E-state index contributed by atoms with van der Waals surface area (Å²) >= 11 is 11.3. The first kappa shape index (κ1) is 11.1. The van der Waals surface area contributed by atoms with Crippen LogP contribution in [0.25, 0.3) is 0 Å². The standard InChI is InChI=1S/C9H8Cl2O3/c1-4(12)9(11)5-2-6(10)8(14)3-7(5)13/h2-3,9,13-14H,1H3. The molecule has 0 saturated heterocycles. The van der Waals surface area contributed by atoms with Crippen LogP contribution >= 0.6 is 23.2 Å². The van der Waals surface area contributed by atoms with E-state index in [1.807, 2.05) is 0 Å². The fourth-order valence-electron chi connectivity index (χ4n) is 0.988. The van der Waals surface area contributed by atoms with E-state index in [2.05, 4.69) is 0 Å². The van der Waals surface area contributed by atoms with Gasteiger partial charge in [0.25, 0.3) is 0 Å². The van der Waals surface area contributed by atoms with Gasteiger partial charge in [0, 0.05) is 11.6 Å². The summed E-state index contributed by atoms with van der Waals surface area (Å²) in [6.07, 6.45) is 0. The number of ketones is 1. The number of carbonyl (C=O) groups excluding carboxylic acids is 1. The van der Waals surface area contributed by atoms with E-state index in [0.29, 0.717) is 0 Å². The van der Waals surface area contributed by atoms with E-state index in [-0.39, 0.29) is 27.9 Å². The predicted molar refractivity (Wildman–Crippen MR) is 54.1 cm³/mol. The van der Waals surface area contributed by atoms with Gasteiger partial charge in [-0.2, -0.15) is 0 Å². The van der Waals surface area contributed by atoms with Gasteiger partial charge in [0.05, 0.1) is 5.02 Å². The van der Waals surface area contributed by atoms with Crippen LogP contribution in [0.2, 0.25) is 5.02 Å². The van der Waals surface area contributed by atoms with Crippen LogP contribution in [0, 0.1) is 0 Å². The van der Waals surface area contributed by atoms with Crippen LogP contribution in [0.5, 0.6) is 11.5 Å². The maximum Gasteiger partial charge on any atom is 0.152 e. The van der Waals surface area contributed by atoms with Crippen molar-refractivity contribution in [3.05, 3.63) is 22.7 Å². The summed E-state index contributed by atoms with van der Waals surface area (Å²) in [7, 11) is 0. The third-order valence-electron chi connectivity index (χ3n) is 1.73. The zero-order chi connectivity index (χ0) is 10.9. The maximum absolute atomic E-state index is 10.9. The van der Waals surface area contributed by atoms with Crippen LogP contribution < -0.4 is 0 Å². The van der Waals surface area contributed by atoms with Crippen molar-refractivity contribution in [1.29, 1.82) is 0 Å². The Morgan fingerprint density at radius 1 is 1.36 bits per heavy atom. The number of halogens is 2. The number of rotatable bonds is 2. The number of Topliss-reactive ketones (excluding diaryl/α,β-unsaturated/α-hetero) is 1. The summed E-state index contributed by atoms with van der Waals surface area (Å²) in [5.74, 6) is -0.800. The second-order valence-electron chi connectivity index (χ2n) is 2.84. The van der Waals surface area contributed by atoms with Gasteiger partial charge in [0.15, 0.2) is 5.78 Å². The number of hydrogen-bond donors (Lipinski definition) is 2. The molecule has 14 heavy (non-hydrogen) atoms. The molecule has 0 aliphatic heterocycles. The average molecular weight is 235 g/mol. The van der Waals surface area contributed by atoms with Crippen LogP contribution in [-0.2, 0) is 4.79 Å². The van der Waals surface area contributed by atoms with Gasteiger partial charge in [-0.25, -0.2) is 0 Å². The quantitative estimate of drug-likeness (QED) is 0.774. The minimum absolute atomic E-state index is 0.0460. The average Bonchev–Trinajstić information content (AvgIpc) is 2.10. The summed E-state index contributed by atoms with van der Waals surface area (Å²) < 4.78 is 0. The molecule has 0 radical (unpaired) electrons. The molecule has 0 aromatic heterocycles. The zero-order valence-electron chi connectivity index (χ0n) is 7.29. The minimum atomic E-state index is -0.951. The molecule has 0 amide bonds. The number of benzene rings is 1. The summed E-state index contributed by atoms with van der Waals surface area (Å²) in [5.41, 5.74) is 0.196. The van der Waals surface area contributed by atoms with E-state index in [1.165, 1.54) is 13.0 Å². The Morgan fingerprint density at radius 3 is 2.43 bits per heavy atom. The monoisotopic (exact) mass is 234 g/mol. The molecule has 0 aliphatic rings. The highest BCUT2D eigenvalue weighted by Gasteiger charge is 2.18. The smallest absolute Gasteiger partial charge is 0.152 e. The third-order valence-corrected chi connectivity index (χ3v) is 2.57. The van der Waals surface area contributed by atoms with Gasteiger partial charge < -0.3 is 10.2 Å². The van der Waals surface area contributed by atoms with Crippen molar-refractivity contribution in [2.45, 2.75) is 12.3 Å². The summed E-state index contributed by atoms with van der Waals surface area (Å²) in [6, 6.07) is 2.32. The van der Waals surface area contributed by atoms with Gasteiger partial charge in [-0.1, -0.05) is 11.6 Å². The molecule has 1 aromatic rings. The lowest BCUT2D eigenvalue weighted by Crippen LogP contribution is -2.01. The Balaban J connectivity index is 3.22. The van der Waals surface area contributed by atoms with Crippen LogP contribution in [0.3, 0.4) is 0 Å². The molecule has 1 atom stereocenters. The SMILES string of the molecule is CC(=O)C(Cl)c1cc(Cl)c(O)cc1O. The van der Waals surface area contributed by atoms with E-state index in [4.69, 9.17) is 28.3 Å². The van der Waals surface area contributed by atoms with Gasteiger partial charge in [-0.05, 0) is 13.0 Å². The van der Waals surface area contributed by atoms with Crippen LogP contribution in [0.15, 0.2) is 12.1 Å². The topological polar surface area (TPSA) is 57.5 Å². The lowest BCUT2D eigenvalue weighted by molar-refractivity contribution is -0.116. The molecular formula is C9H8Cl2O3. The minimum Gasteiger partial charge on any atom is -0.507 e. The summed E-state index contributed by atoms with van der Waals surface area (Å²) in [6.45, 7) is 1.30. The highest BCUT2D eigenvalue weighted by atomic mass is 35.5. The molecule has 1 unspecified atom stereocenters. The largest absolute Gasteiger partial charge is 0.507 e. The van der Waals surface area contributed by atoms with Crippen molar-refractivity contribution in [3.8, 4) is 11.5 Å². The molecule has 0 saturated carbocycles. The first-order valence-electron chi connectivity index (χ1n) is 3.79. The highest BCUT2D eigenvalue weighted by molar-refractivity contribution is 6.33. The van der Waals surface area contributed by atoms with Gasteiger partial charge in [-0.3, -0.25) is 4.79 Å². The van der Waals surface area contributed by atoms with Crippen molar-refractivity contribution in [2.24, 2.45) is 0 Å². The Labute approximate surface area is 90.9 Å². The second kappa shape index (κ2) is 4.07. The van der Waals surface area contributed by atoms with Gasteiger partial charge in [0.1, 0.15) is 16.9 Å². The second-order valence-corrected chi connectivity index (χ2v) is 3.68. The molecule has 0 spiro atoms. The summed E-state index contributed by atoms with van der Waals surface area (Å²) in [5, 5.41) is 17.6. The number of phenolic OH excluding ortho intramolecular Hbond substituents is 2. The Morgan fingerprint density at radius 2 is 1.93 bits per heavy atom.